The van der Waals surface area contributed by atoms with E-state index in [2.05, 4.69) is 14.3 Å². The highest BCUT2D eigenvalue weighted by Gasteiger charge is 2.54. The number of carbonyl (C=O) groups excluding carboxylic acids is 1. The van der Waals surface area contributed by atoms with Crippen LogP contribution in [0.15, 0.2) is 82.6 Å². The third kappa shape index (κ3) is 8.10. The maximum absolute atomic E-state index is 13.5. The van der Waals surface area contributed by atoms with E-state index in [9.17, 15) is 31.6 Å². The lowest BCUT2D eigenvalue weighted by Crippen LogP contribution is -2.58. The second-order valence-corrected chi connectivity index (χ2v) is 13.4. The normalized spacial score (nSPS) is 16.9. The van der Waals surface area contributed by atoms with Crippen LogP contribution in [0.25, 0.3) is 0 Å². The smallest absolute Gasteiger partial charge is 0.416 e. The first-order chi connectivity index (χ1) is 20.9. The monoisotopic (exact) mass is 656 g/mol. The maximum atomic E-state index is 13.5. The van der Waals surface area contributed by atoms with E-state index in [-0.39, 0.29) is 29.2 Å². The van der Waals surface area contributed by atoms with E-state index < -0.39 is 32.2 Å². The molecule has 44 heavy (non-hydrogen) atoms. The predicted octanol–water partition coefficient (Wildman–Crippen LogP) is 6.20. The molecule has 5 rings (SSSR count). The highest BCUT2D eigenvalue weighted by molar-refractivity contribution is 7.94. The van der Waals surface area contributed by atoms with Gasteiger partial charge in [-0.15, -0.1) is 4.33 Å². The van der Waals surface area contributed by atoms with Gasteiger partial charge in [-0.2, -0.15) is 13.2 Å². The average Bonchev–Trinajstić information content (AvgIpc) is 3.87. The van der Waals surface area contributed by atoms with Gasteiger partial charge in [0.05, 0.1) is 22.5 Å². The van der Waals surface area contributed by atoms with Gasteiger partial charge in [0, 0.05) is 24.0 Å². The standard InChI is InChI=1S/C22H23F3N2O5S.C7H8O3S/c23-22(24,25)15-1-5-17(6-2-15)32-18-7-9-19(10-8-18)33(30,31)21(20(28)26-29)11-13-27(14-12-21)16-3-4-16;1-6-2-4-7(5-3-6)11-10-9-8/h1-2,5-10,16,29H,3-4,11-14H2,(H,26,28);2-5,8H,1H3. The van der Waals surface area contributed by atoms with Gasteiger partial charge >= 0.3 is 6.18 Å². The van der Waals surface area contributed by atoms with Crippen LogP contribution in [-0.2, 0) is 30.2 Å². The molecule has 3 N–H and O–H groups in total. The molecule has 1 heterocycles. The molecule has 3 aromatic rings. The van der Waals surface area contributed by atoms with Gasteiger partial charge in [0.1, 0.15) is 11.5 Å². The Bertz CT molecular complexity index is 1490. The summed E-state index contributed by atoms with van der Waals surface area (Å²) < 4.78 is 73.0. The zero-order valence-corrected chi connectivity index (χ0v) is 25.1. The molecule has 15 heteroatoms. The van der Waals surface area contributed by atoms with E-state index >= 15 is 0 Å². The first-order valence-electron chi connectivity index (χ1n) is 13.5. The molecule has 1 saturated heterocycles. The minimum Gasteiger partial charge on any atom is -0.457 e. The molecule has 2 fully saturated rings. The van der Waals surface area contributed by atoms with Gasteiger partial charge in [-0.05, 0) is 93.3 Å². The number of carbonyl (C=O) groups is 1. The molecule has 10 nitrogen and oxygen atoms in total. The highest BCUT2D eigenvalue weighted by Crippen LogP contribution is 2.40. The molecule has 1 amide bonds. The first kappa shape index (κ1) is 33.7. The van der Waals surface area contributed by atoms with E-state index in [1.165, 1.54) is 47.4 Å². The van der Waals surface area contributed by atoms with Gasteiger partial charge in [-0.25, -0.2) is 19.2 Å². The summed E-state index contributed by atoms with van der Waals surface area (Å²) in [4.78, 5) is 15.5. The number of likely N-dealkylation sites (tertiary alicyclic amines) is 1. The van der Waals surface area contributed by atoms with Crippen molar-refractivity contribution in [1.82, 2.24) is 10.4 Å². The molecule has 3 aromatic carbocycles. The van der Waals surface area contributed by atoms with Crippen molar-refractivity contribution >= 4 is 27.8 Å². The Morgan fingerprint density at radius 2 is 1.50 bits per heavy atom. The van der Waals surface area contributed by atoms with Crippen molar-refractivity contribution in [1.29, 1.82) is 0 Å². The molecule has 1 aliphatic heterocycles. The van der Waals surface area contributed by atoms with Crippen LogP contribution in [0.1, 0.15) is 36.8 Å². The number of alkyl halides is 3. The molecule has 0 bridgehead atoms. The lowest BCUT2D eigenvalue weighted by molar-refractivity contribution is -0.432. The fourth-order valence-electron chi connectivity index (χ4n) is 4.82. The van der Waals surface area contributed by atoms with Gasteiger partial charge in [0.2, 0.25) is 0 Å². The fourth-order valence-corrected chi connectivity index (χ4v) is 7.13. The third-order valence-electron chi connectivity index (χ3n) is 7.43. The molecule has 0 unspecified atom stereocenters. The van der Waals surface area contributed by atoms with Gasteiger partial charge in [0.25, 0.3) is 5.91 Å². The SMILES string of the molecule is Cc1ccc(SOOO)cc1.O=C(NO)C1(S(=O)(=O)c2ccc(Oc3ccc(C(F)(F)F)cc3)cc2)CCN(C2CC2)CC1. The maximum Gasteiger partial charge on any atom is 0.416 e. The predicted molar refractivity (Wildman–Crippen MR) is 153 cm³/mol. The Balaban J connectivity index is 0.000000339. The number of amides is 1. The highest BCUT2D eigenvalue weighted by atomic mass is 32.2. The summed E-state index contributed by atoms with van der Waals surface area (Å²) in [5.41, 5.74) is 1.90. The Hall–Kier alpha value is -3.18. The lowest BCUT2D eigenvalue weighted by Gasteiger charge is -2.39. The van der Waals surface area contributed by atoms with Crippen molar-refractivity contribution in [2.24, 2.45) is 0 Å². The van der Waals surface area contributed by atoms with Crippen molar-refractivity contribution < 1.29 is 51.0 Å². The Labute approximate surface area is 256 Å². The van der Waals surface area contributed by atoms with Crippen molar-refractivity contribution in [3.05, 3.63) is 83.9 Å². The van der Waals surface area contributed by atoms with Crippen LogP contribution in [0.4, 0.5) is 13.2 Å². The minimum atomic E-state index is -4.46. The number of aryl methyl sites for hydroxylation is 1. The number of hydrogen-bond acceptors (Lipinski definition) is 10. The van der Waals surface area contributed by atoms with E-state index in [1.54, 1.807) is 0 Å². The Morgan fingerprint density at radius 1 is 0.955 bits per heavy atom. The van der Waals surface area contributed by atoms with Gasteiger partial charge in [-0.3, -0.25) is 10.0 Å². The van der Waals surface area contributed by atoms with Gasteiger partial charge in [0.15, 0.2) is 14.6 Å². The minimum absolute atomic E-state index is 0.0576. The summed E-state index contributed by atoms with van der Waals surface area (Å²) in [6, 6.07) is 17.5. The average molecular weight is 657 g/mol. The molecular weight excluding hydrogens is 625 g/mol. The first-order valence-corrected chi connectivity index (χ1v) is 15.7. The summed E-state index contributed by atoms with van der Waals surface area (Å²) >= 11 is 0.957. The molecular formula is C29H31F3N2O8S2. The number of nitrogens with one attached hydrogen (secondary N) is 1. The van der Waals surface area contributed by atoms with Crippen LogP contribution < -0.4 is 10.2 Å². The van der Waals surface area contributed by atoms with Crippen LogP contribution in [0.3, 0.4) is 0 Å². The van der Waals surface area contributed by atoms with E-state index in [1.807, 2.05) is 31.2 Å². The van der Waals surface area contributed by atoms with Crippen LogP contribution in [0, 0.1) is 6.92 Å². The van der Waals surface area contributed by atoms with Crippen LogP contribution in [0.5, 0.6) is 11.5 Å². The molecule has 0 aromatic heterocycles. The molecule has 1 saturated carbocycles. The largest absolute Gasteiger partial charge is 0.457 e. The summed E-state index contributed by atoms with van der Waals surface area (Å²) in [6.07, 6.45) is -2.22. The van der Waals surface area contributed by atoms with Crippen molar-refractivity contribution in [2.45, 2.75) is 59.4 Å². The summed E-state index contributed by atoms with van der Waals surface area (Å²) in [6.45, 7) is 2.87. The zero-order valence-electron chi connectivity index (χ0n) is 23.5. The van der Waals surface area contributed by atoms with Crippen molar-refractivity contribution in [3.8, 4) is 11.5 Å². The summed E-state index contributed by atoms with van der Waals surface area (Å²) in [7, 11) is -4.15. The van der Waals surface area contributed by atoms with E-state index in [0.29, 0.717) is 19.1 Å². The molecule has 1 aliphatic carbocycles. The topological polar surface area (TPSA) is 135 Å². The number of ether oxygens (including phenoxy) is 1. The van der Waals surface area contributed by atoms with Crippen LogP contribution in [0.2, 0.25) is 0 Å². The molecule has 238 valence electrons. The third-order valence-corrected chi connectivity index (χ3v) is 10.5. The Morgan fingerprint density at radius 3 is 1.98 bits per heavy atom. The summed E-state index contributed by atoms with van der Waals surface area (Å²) in [5.74, 6) is -0.580. The molecule has 2 aliphatic rings. The van der Waals surface area contributed by atoms with E-state index in [0.717, 1.165) is 41.9 Å². The molecule has 0 atom stereocenters. The quantitative estimate of drug-likeness (QED) is 0.106. The number of benzene rings is 3. The van der Waals surface area contributed by atoms with Crippen molar-refractivity contribution in [2.75, 3.05) is 13.1 Å². The lowest BCUT2D eigenvalue weighted by atomic mass is 9.94. The molecule has 0 spiro atoms. The molecule has 0 radical (unpaired) electrons. The van der Waals surface area contributed by atoms with Crippen molar-refractivity contribution in [3.63, 3.8) is 0 Å². The number of rotatable bonds is 9. The zero-order chi connectivity index (χ0) is 32.0. The number of nitrogens with zero attached hydrogens (tertiary/aromatic N) is 1. The Kier molecular flexibility index (Phi) is 10.9. The number of hydroxylamine groups is 1. The summed E-state index contributed by atoms with van der Waals surface area (Å²) in [5, 5.41) is 20.5. The van der Waals surface area contributed by atoms with E-state index in [4.69, 9.17) is 9.99 Å². The fraction of sp³-hybridized carbons (Fsp3) is 0.345. The van der Waals surface area contributed by atoms with Crippen LogP contribution >= 0.6 is 12.0 Å². The number of sulfone groups is 1. The van der Waals surface area contributed by atoms with Gasteiger partial charge in [-0.1, -0.05) is 22.7 Å². The number of hydrogen-bond donors (Lipinski definition) is 3. The number of halogens is 3. The number of piperidine rings is 1. The van der Waals surface area contributed by atoms with Crippen LogP contribution in [-0.4, -0.2) is 53.6 Å². The second-order valence-electron chi connectivity index (χ2n) is 10.3. The second kappa shape index (κ2) is 14.3. The van der Waals surface area contributed by atoms with Gasteiger partial charge < -0.3 is 9.64 Å².